The Labute approximate surface area is 146 Å². The lowest BCUT2D eigenvalue weighted by molar-refractivity contribution is -0.133. The summed E-state index contributed by atoms with van der Waals surface area (Å²) in [4.78, 5) is 18.6. The molecule has 2 aliphatic heterocycles. The summed E-state index contributed by atoms with van der Waals surface area (Å²) in [5, 5.41) is 9.27. The third-order valence-corrected chi connectivity index (χ3v) is 6.24. The van der Waals surface area contributed by atoms with E-state index in [1.54, 1.807) is 11.3 Å². The molecule has 0 spiro atoms. The molecule has 0 aliphatic carbocycles. The van der Waals surface area contributed by atoms with Crippen molar-refractivity contribution in [1.82, 2.24) is 20.0 Å². The fourth-order valence-corrected chi connectivity index (χ4v) is 4.94. The molecule has 1 N–H and O–H groups in total. The molecule has 2 aromatic rings. The molecule has 0 bridgehead atoms. The van der Waals surface area contributed by atoms with Gasteiger partial charge < -0.3 is 4.90 Å². The SMILES string of the molecule is O=C(CN1CCC[C@H](c2ccn[nH]2)C1)N1CCC[C@@H]1c1cccs1. The lowest BCUT2D eigenvalue weighted by atomic mass is 9.95. The van der Waals surface area contributed by atoms with E-state index in [2.05, 4.69) is 43.6 Å². The fraction of sp³-hybridized carbons (Fsp3) is 0.556. The first-order chi connectivity index (χ1) is 11.8. The number of nitrogens with one attached hydrogen (secondary N) is 1. The smallest absolute Gasteiger partial charge is 0.237 e. The second-order valence-electron chi connectivity index (χ2n) is 6.85. The summed E-state index contributed by atoms with van der Waals surface area (Å²) >= 11 is 1.77. The van der Waals surface area contributed by atoms with Crippen LogP contribution in [0.2, 0.25) is 0 Å². The van der Waals surface area contributed by atoms with Gasteiger partial charge in [-0.25, -0.2) is 0 Å². The first-order valence-corrected chi connectivity index (χ1v) is 9.74. The number of hydrogen-bond acceptors (Lipinski definition) is 4. The lowest BCUT2D eigenvalue weighted by Crippen LogP contribution is -2.43. The van der Waals surface area contributed by atoms with Gasteiger partial charge >= 0.3 is 0 Å². The predicted octanol–water partition coefficient (Wildman–Crippen LogP) is 3.01. The highest BCUT2D eigenvalue weighted by Crippen LogP contribution is 2.34. The Hall–Kier alpha value is -1.66. The van der Waals surface area contributed by atoms with Crippen molar-refractivity contribution >= 4 is 17.2 Å². The van der Waals surface area contributed by atoms with Crippen molar-refractivity contribution in [3.05, 3.63) is 40.3 Å². The van der Waals surface area contributed by atoms with Crippen LogP contribution < -0.4 is 0 Å². The highest BCUT2D eigenvalue weighted by Gasteiger charge is 2.32. The van der Waals surface area contributed by atoms with Crippen LogP contribution in [-0.2, 0) is 4.79 Å². The van der Waals surface area contributed by atoms with E-state index >= 15 is 0 Å². The van der Waals surface area contributed by atoms with Crippen LogP contribution in [0, 0.1) is 0 Å². The number of aromatic nitrogens is 2. The molecule has 0 radical (unpaired) electrons. The minimum absolute atomic E-state index is 0.288. The number of carbonyl (C=O) groups excluding carboxylic acids is 1. The second kappa shape index (κ2) is 7.07. The maximum absolute atomic E-state index is 12.9. The van der Waals surface area contributed by atoms with Crippen LogP contribution in [0.4, 0.5) is 0 Å². The number of hydrogen-bond donors (Lipinski definition) is 1. The average Bonchev–Trinajstić information content (AvgIpc) is 3.35. The van der Waals surface area contributed by atoms with E-state index in [-0.39, 0.29) is 5.91 Å². The Bertz CT molecular complexity index is 655. The summed E-state index contributed by atoms with van der Waals surface area (Å²) in [5.41, 5.74) is 1.20. The zero-order valence-electron chi connectivity index (χ0n) is 13.9. The standard InChI is InChI=1S/C18H24N4OS/c23-18(22-10-2-5-16(22)17-6-3-11-24-17)13-21-9-1-4-14(12-21)15-7-8-19-20-15/h3,6-8,11,14,16H,1-2,4-5,9-10,12-13H2,(H,19,20)/t14-,16+/m0/s1. The van der Waals surface area contributed by atoms with Gasteiger partial charge in [0.15, 0.2) is 0 Å². The Morgan fingerprint density at radius 1 is 1.29 bits per heavy atom. The normalized spacial score (nSPS) is 25.2. The van der Waals surface area contributed by atoms with Gasteiger partial charge in [0.2, 0.25) is 5.91 Å². The van der Waals surface area contributed by atoms with Gasteiger partial charge in [0.25, 0.3) is 0 Å². The minimum Gasteiger partial charge on any atom is -0.334 e. The fourth-order valence-electron chi connectivity index (χ4n) is 4.07. The number of aromatic amines is 1. The Morgan fingerprint density at radius 2 is 2.21 bits per heavy atom. The van der Waals surface area contributed by atoms with Crippen LogP contribution in [0.15, 0.2) is 29.8 Å². The predicted molar refractivity (Wildman–Crippen MR) is 95.0 cm³/mol. The van der Waals surface area contributed by atoms with Crippen molar-refractivity contribution in [1.29, 1.82) is 0 Å². The zero-order chi connectivity index (χ0) is 16.4. The molecular formula is C18H24N4OS. The number of thiophene rings is 1. The first kappa shape index (κ1) is 15.8. The minimum atomic E-state index is 0.288. The Kier molecular flexibility index (Phi) is 4.67. The summed E-state index contributed by atoms with van der Waals surface area (Å²) in [7, 11) is 0. The van der Waals surface area contributed by atoms with Gasteiger partial charge in [0.1, 0.15) is 0 Å². The maximum Gasteiger partial charge on any atom is 0.237 e. The first-order valence-electron chi connectivity index (χ1n) is 8.86. The number of nitrogens with zero attached hydrogens (tertiary/aromatic N) is 3. The molecule has 0 unspecified atom stereocenters. The molecule has 2 saturated heterocycles. The molecule has 0 aromatic carbocycles. The van der Waals surface area contributed by atoms with E-state index in [0.29, 0.717) is 18.5 Å². The van der Waals surface area contributed by atoms with E-state index in [1.165, 1.54) is 17.0 Å². The van der Waals surface area contributed by atoms with Crippen LogP contribution in [0.25, 0.3) is 0 Å². The molecule has 6 heteroatoms. The van der Waals surface area contributed by atoms with Crippen LogP contribution >= 0.6 is 11.3 Å². The van der Waals surface area contributed by atoms with Crippen LogP contribution in [0.1, 0.15) is 48.2 Å². The van der Waals surface area contributed by atoms with E-state index in [0.717, 1.165) is 38.9 Å². The third kappa shape index (κ3) is 3.26. The average molecular weight is 344 g/mol. The summed E-state index contributed by atoms with van der Waals surface area (Å²) in [5.74, 6) is 0.761. The van der Waals surface area contributed by atoms with Gasteiger partial charge in [-0.3, -0.25) is 14.8 Å². The summed E-state index contributed by atoms with van der Waals surface area (Å²) in [6.45, 7) is 3.42. The van der Waals surface area contributed by atoms with Crippen LogP contribution in [0.5, 0.6) is 0 Å². The molecule has 4 heterocycles. The Balaban J connectivity index is 1.38. The molecule has 24 heavy (non-hydrogen) atoms. The van der Waals surface area contributed by atoms with Crippen molar-refractivity contribution in [3.8, 4) is 0 Å². The summed E-state index contributed by atoms with van der Waals surface area (Å²) in [6.07, 6.45) is 6.35. The van der Waals surface area contributed by atoms with E-state index in [4.69, 9.17) is 0 Å². The monoisotopic (exact) mass is 344 g/mol. The summed E-state index contributed by atoms with van der Waals surface area (Å²) < 4.78 is 0. The number of likely N-dealkylation sites (tertiary alicyclic amines) is 2. The van der Waals surface area contributed by atoms with Gasteiger partial charge in [-0.1, -0.05) is 6.07 Å². The largest absolute Gasteiger partial charge is 0.334 e. The molecule has 1 amide bonds. The third-order valence-electron chi connectivity index (χ3n) is 5.27. The maximum atomic E-state index is 12.9. The molecule has 2 fully saturated rings. The van der Waals surface area contributed by atoms with Crippen molar-refractivity contribution in [3.63, 3.8) is 0 Å². The topological polar surface area (TPSA) is 52.2 Å². The molecule has 0 saturated carbocycles. The molecule has 5 nitrogen and oxygen atoms in total. The van der Waals surface area contributed by atoms with Gasteiger partial charge in [-0.15, -0.1) is 11.3 Å². The van der Waals surface area contributed by atoms with Crippen molar-refractivity contribution in [2.75, 3.05) is 26.2 Å². The highest BCUT2D eigenvalue weighted by atomic mass is 32.1. The molecule has 4 rings (SSSR count). The van der Waals surface area contributed by atoms with E-state index in [1.807, 2.05) is 6.20 Å². The Morgan fingerprint density at radius 3 is 3.00 bits per heavy atom. The zero-order valence-corrected chi connectivity index (χ0v) is 14.7. The van der Waals surface area contributed by atoms with Crippen LogP contribution in [-0.4, -0.2) is 52.1 Å². The highest BCUT2D eigenvalue weighted by molar-refractivity contribution is 7.10. The molecule has 2 atom stereocenters. The lowest BCUT2D eigenvalue weighted by Gasteiger charge is -2.33. The molecular weight excluding hydrogens is 320 g/mol. The van der Waals surface area contributed by atoms with Gasteiger partial charge in [0.05, 0.1) is 12.6 Å². The van der Waals surface area contributed by atoms with Crippen LogP contribution in [0.3, 0.4) is 0 Å². The van der Waals surface area contributed by atoms with Crippen molar-refractivity contribution in [2.45, 2.75) is 37.6 Å². The van der Waals surface area contributed by atoms with Crippen molar-refractivity contribution in [2.24, 2.45) is 0 Å². The molecule has 2 aliphatic rings. The number of carbonyl (C=O) groups is 1. The second-order valence-corrected chi connectivity index (χ2v) is 7.83. The summed E-state index contributed by atoms with van der Waals surface area (Å²) in [6, 6.07) is 6.60. The number of piperidine rings is 1. The number of rotatable bonds is 4. The van der Waals surface area contributed by atoms with E-state index < -0.39 is 0 Å². The molecule has 2 aromatic heterocycles. The van der Waals surface area contributed by atoms with Gasteiger partial charge in [-0.05, 0) is 49.7 Å². The van der Waals surface area contributed by atoms with Gasteiger partial charge in [0, 0.05) is 35.8 Å². The number of H-pyrrole nitrogens is 1. The van der Waals surface area contributed by atoms with Gasteiger partial charge in [-0.2, -0.15) is 5.10 Å². The number of amides is 1. The molecule has 128 valence electrons. The quantitative estimate of drug-likeness (QED) is 0.927. The van der Waals surface area contributed by atoms with E-state index in [9.17, 15) is 4.79 Å². The van der Waals surface area contributed by atoms with Crippen molar-refractivity contribution < 1.29 is 4.79 Å².